The summed E-state index contributed by atoms with van der Waals surface area (Å²) >= 11 is 1.42. The van der Waals surface area contributed by atoms with Crippen molar-refractivity contribution >= 4 is 23.4 Å². The Kier molecular flexibility index (Phi) is 6.80. The number of amides is 1. The van der Waals surface area contributed by atoms with E-state index in [1.807, 2.05) is 27.7 Å². The van der Waals surface area contributed by atoms with Crippen molar-refractivity contribution < 1.29 is 22.7 Å². The van der Waals surface area contributed by atoms with Crippen LogP contribution in [-0.4, -0.2) is 23.0 Å². The van der Waals surface area contributed by atoms with Crippen LogP contribution in [0.15, 0.2) is 18.2 Å². The second-order valence-electron chi connectivity index (χ2n) is 6.01. The van der Waals surface area contributed by atoms with E-state index in [0.29, 0.717) is 13.0 Å². The summed E-state index contributed by atoms with van der Waals surface area (Å²) in [6.07, 6.45) is -3.75. The molecule has 0 aliphatic carbocycles. The second-order valence-corrected chi connectivity index (χ2v) is 7.81. The van der Waals surface area contributed by atoms with Crippen molar-refractivity contribution in [1.29, 1.82) is 0 Å². The van der Waals surface area contributed by atoms with E-state index in [4.69, 9.17) is 4.74 Å². The average Bonchev–Trinajstić information content (AvgIpc) is 2.42. The lowest BCUT2D eigenvalue weighted by Gasteiger charge is -2.18. The smallest absolute Gasteiger partial charge is 0.416 e. The summed E-state index contributed by atoms with van der Waals surface area (Å²) in [6.45, 7) is 8.15. The standard InChI is InChI=1S/C16H22F3NO2S/c1-5-8-22-13-7-6-11(16(17,18)19)9-12(13)20-14(21)10-23-15(2,3)4/h6-7,9H,5,8,10H2,1-4H3,(H,20,21). The fraction of sp³-hybridized carbons (Fsp3) is 0.562. The largest absolute Gasteiger partial charge is 0.491 e. The van der Waals surface area contributed by atoms with E-state index in [1.165, 1.54) is 17.8 Å². The number of alkyl halides is 3. The second kappa shape index (κ2) is 7.95. The Hall–Kier alpha value is -1.37. The van der Waals surface area contributed by atoms with Crippen LogP contribution in [0.4, 0.5) is 18.9 Å². The monoisotopic (exact) mass is 349 g/mol. The topological polar surface area (TPSA) is 38.3 Å². The van der Waals surface area contributed by atoms with Crippen LogP contribution in [0.2, 0.25) is 0 Å². The number of rotatable bonds is 6. The quantitative estimate of drug-likeness (QED) is 0.788. The van der Waals surface area contributed by atoms with Gasteiger partial charge in [-0.25, -0.2) is 0 Å². The number of nitrogens with one attached hydrogen (secondary N) is 1. The molecule has 1 aromatic carbocycles. The normalized spacial score (nSPS) is 12.1. The first-order chi connectivity index (χ1) is 10.5. The number of ether oxygens (including phenoxy) is 1. The van der Waals surface area contributed by atoms with Crippen LogP contribution in [-0.2, 0) is 11.0 Å². The van der Waals surface area contributed by atoms with Gasteiger partial charge in [-0.15, -0.1) is 11.8 Å². The molecule has 1 N–H and O–H groups in total. The lowest BCUT2D eigenvalue weighted by atomic mass is 10.1. The summed E-state index contributed by atoms with van der Waals surface area (Å²) in [5.74, 6) is 0.0482. The number of benzene rings is 1. The van der Waals surface area contributed by atoms with Crippen LogP contribution in [0.3, 0.4) is 0 Å². The predicted octanol–water partition coefficient (Wildman–Crippen LogP) is 4.96. The maximum absolute atomic E-state index is 12.8. The van der Waals surface area contributed by atoms with Crippen molar-refractivity contribution in [1.82, 2.24) is 0 Å². The zero-order valence-corrected chi connectivity index (χ0v) is 14.5. The maximum atomic E-state index is 12.8. The molecule has 0 aliphatic rings. The molecule has 0 fully saturated rings. The molecule has 1 aromatic rings. The molecule has 1 rings (SSSR count). The van der Waals surface area contributed by atoms with Gasteiger partial charge in [-0.3, -0.25) is 4.79 Å². The van der Waals surface area contributed by atoms with Crippen LogP contribution in [0.5, 0.6) is 5.75 Å². The molecule has 0 heterocycles. The molecule has 1 amide bonds. The third-order valence-corrected chi connectivity index (χ3v) is 3.95. The Bertz CT molecular complexity index is 539. The summed E-state index contributed by atoms with van der Waals surface area (Å²) in [7, 11) is 0. The van der Waals surface area contributed by atoms with Crippen molar-refractivity contribution in [3.8, 4) is 5.75 Å². The van der Waals surface area contributed by atoms with Crippen molar-refractivity contribution in [2.24, 2.45) is 0 Å². The number of thioether (sulfide) groups is 1. The molecule has 0 radical (unpaired) electrons. The molecular weight excluding hydrogens is 327 g/mol. The summed E-state index contributed by atoms with van der Waals surface area (Å²) in [4.78, 5) is 12.0. The van der Waals surface area contributed by atoms with Crippen LogP contribution >= 0.6 is 11.8 Å². The molecule has 0 aliphatic heterocycles. The van der Waals surface area contributed by atoms with Gasteiger partial charge in [-0.05, 0) is 24.6 Å². The molecule has 3 nitrogen and oxygen atoms in total. The molecule has 0 aromatic heterocycles. The highest BCUT2D eigenvalue weighted by molar-refractivity contribution is 8.01. The minimum absolute atomic E-state index is 0.0489. The Morgan fingerprint density at radius 3 is 2.43 bits per heavy atom. The van der Waals surface area contributed by atoms with Crippen LogP contribution in [0.1, 0.15) is 39.7 Å². The van der Waals surface area contributed by atoms with Crippen molar-refractivity contribution in [3.05, 3.63) is 23.8 Å². The fourth-order valence-electron chi connectivity index (χ4n) is 1.61. The van der Waals surface area contributed by atoms with E-state index in [0.717, 1.165) is 12.1 Å². The Morgan fingerprint density at radius 2 is 1.91 bits per heavy atom. The van der Waals surface area contributed by atoms with Gasteiger partial charge in [-0.1, -0.05) is 27.7 Å². The van der Waals surface area contributed by atoms with Gasteiger partial charge in [0.1, 0.15) is 5.75 Å². The zero-order valence-electron chi connectivity index (χ0n) is 13.7. The molecule has 0 unspecified atom stereocenters. The van der Waals surface area contributed by atoms with Crippen LogP contribution < -0.4 is 10.1 Å². The molecule has 130 valence electrons. The summed E-state index contributed by atoms with van der Waals surface area (Å²) in [5.41, 5.74) is -0.770. The van der Waals surface area contributed by atoms with Gasteiger partial charge >= 0.3 is 6.18 Å². The summed E-state index contributed by atoms with van der Waals surface area (Å²) < 4.78 is 43.8. The van der Waals surface area contributed by atoms with E-state index in [1.54, 1.807) is 0 Å². The summed E-state index contributed by atoms with van der Waals surface area (Å²) in [6, 6.07) is 3.10. The van der Waals surface area contributed by atoms with Gasteiger partial charge in [0.15, 0.2) is 0 Å². The van der Waals surface area contributed by atoms with Gasteiger partial charge in [0.2, 0.25) is 5.91 Å². The first-order valence-corrected chi connectivity index (χ1v) is 8.29. The van der Waals surface area contributed by atoms with Gasteiger partial charge < -0.3 is 10.1 Å². The minimum Gasteiger partial charge on any atom is -0.491 e. The molecule has 7 heteroatoms. The fourth-order valence-corrected chi connectivity index (χ4v) is 2.25. The third kappa shape index (κ3) is 7.16. The molecule has 0 saturated heterocycles. The van der Waals surface area contributed by atoms with E-state index >= 15 is 0 Å². The first kappa shape index (κ1) is 19.7. The van der Waals surface area contributed by atoms with Crippen molar-refractivity contribution in [3.63, 3.8) is 0 Å². The third-order valence-electron chi connectivity index (χ3n) is 2.68. The number of anilines is 1. The highest BCUT2D eigenvalue weighted by Crippen LogP contribution is 2.35. The van der Waals surface area contributed by atoms with E-state index < -0.39 is 11.7 Å². The molecule has 0 atom stereocenters. The van der Waals surface area contributed by atoms with Crippen molar-refractivity contribution in [2.45, 2.75) is 45.0 Å². The molecule has 0 saturated carbocycles. The number of hydrogen-bond donors (Lipinski definition) is 1. The zero-order chi connectivity index (χ0) is 17.7. The van der Waals surface area contributed by atoms with E-state index in [9.17, 15) is 18.0 Å². The summed E-state index contributed by atoms with van der Waals surface area (Å²) in [5, 5.41) is 2.52. The molecule has 0 spiro atoms. The van der Waals surface area contributed by atoms with Crippen molar-refractivity contribution in [2.75, 3.05) is 17.7 Å². The molecular formula is C16H22F3NO2S. The highest BCUT2D eigenvalue weighted by atomic mass is 32.2. The van der Waals surface area contributed by atoms with Gasteiger partial charge in [0.05, 0.1) is 23.6 Å². The van der Waals surface area contributed by atoms with E-state index in [2.05, 4.69) is 5.32 Å². The average molecular weight is 349 g/mol. The van der Waals surface area contributed by atoms with E-state index in [-0.39, 0.29) is 27.8 Å². The predicted molar refractivity (Wildman–Crippen MR) is 88.1 cm³/mol. The number of carbonyl (C=O) groups is 1. The minimum atomic E-state index is -4.47. The van der Waals surface area contributed by atoms with Gasteiger partial charge in [0, 0.05) is 4.75 Å². The molecule has 23 heavy (non-hydrogen) atoms. The SMILES string of the molecule is CCCOc1ccc(C(F)(F)F)cc1NC(=O)CSC(C)(C)C. The Morgan fingerprint density at radius 1 is 1.26 bits per heavy atom. The Balaban J connectivity index is 2.93. The number of halogens is 3. The lowest BCUT2D eigenvalue weighted by molar-refractivity contribution is -0.137. The number of hydrogen-bond acceptors (Lipinski definition) is 3. The van der Waals surface area contributed by atoms with Gasteiger partial charge in [0.25, 0.3) is 0 Å². The highest BCUT2D eigenvalue weighted by Gasteiger charge is 2.31. The maximum Gasteiger partial charge on any atom is 0.416 e. The first-order valence-electron chi connectivity index (χ1n) is 7.31. The number of carbonyl (C=O) groups excluding carboxylic acids is 1. The van der Waals surface area contributed by atoms with Crippen LogP contribution in [0, 0.1) is 0 Å². The molecule has 0 bridgehead atoms. The Labute approximate surface area is 139 Å². The lowest BCUT2D eigenvalue weighted by Crippen LogP contribution is -2.20. The van der Waals surface area contributed by atoms with Gasteiger partial charge in [-0.2, -0.15) is 13.2 Å². The van der Waals surface area contributed by atoms with Crippen LogP contribution in [0.25, 0.3) is 0 Å².